The van der Waals surface area contributed by atoms with Crippen LogP contribution in [-0.2, 0) is 17.9 Å². The first-order chi connectivity index (χ1) is 13.8. The van der Waals surface area contributed by atoms with Crippen LogP contribution in [0.4, 0.5) is 10.2 Å². The van der Waals surface area contributed by atoms with E-state index < -0.39 is 17.3 Å². The van der Waals surface area contributed by atoms with Crippen LogP contribution in [0, 0.1) is 5.82 Å². The summed E-state index contributed by atoms with van der Waals surface area (Å²) in [4.78, 5) is 43.8. The number of aromatic nitrogens is 4. The van der Waals surface area contributed by atoms with E-state index in [1.54, 1.807) is 11.0 Å². The number of hydrogen-bond donors (Lipinski definition) is 1. The fraction of sp³-hybridized carbons (Fsp3) is 0.278. The molecule has 1 aliphatic heterocycles. The second-order valence-electron chi connectivity index (χ2n) is 6.89. The average Bonchev–Trinajstić information content (AvgIpc) is 3.21. The molecule has 9 nitrogen and oxygen atoms in total. The van der Waals surface area contributed by atoms with Gasteiger partial charge in [-0.1, -0.05) is 0 Å². The number of carbonyl (C=O) groups excluding carboxylic acids is 2. The van der Waals surface area contributed by atoms with Crippen molar-refractivity contribution < 1.29 is 14.0 Å². The molecular formula is C18H16BrFN6O3. The fourth-order valence-corrected chi connectivity index (χ4v) is 3.67. The number of anilines is 1. The number of nitrogens with zero attached hydrogens (tertiary/aromatic N) is 5. The Hall–Kier alpha value is -3.08. The third-order valence-electron chi connectivity index (χ3n) is 4.66. The van der Waals surface area contributed by atoms with Crippen LogP contribution in [0.2, 0.25) is 0 Å². The molecule has 0 fully saturated rings. The first kappa shape index (κ1) is 19.2. The minimum Gasteiger partial charge on any atom is -0.330 e. The molecule has 0 saturated carbocycles. The Balaban J connectivity index is 1.78. The van der Waals surface area contributed by atoms with Crippen LogP contribution < -0.4 is 10.9 Å². The molecule has 0 atom stereocenters. The predicted molar refractivity (Wildman–Crippen MR) is 105 cm³/mol. The molecule has 4 rings (SSSR count). The van der Waals surface area contributed by atoms with Gasteiger partial charge in [0.15, 0.2) is 0 Å². The lowest BCUT2D eigenvalue weighted by Gasteiger charge is -2.20. The number of pyridine rings is 1. The van der Waals surface area contributed by atoms with Gasteiger partial charge in [-0.15, -0.1) is 0 Å². The Bertz CT molecular complexity index is 1200. The van der Waals surface area contributed by atoms with Crippen molar-refractivity contribution in [2.45, 2.75) is 33.0 Å². The van der Waals surface area contributed by atoms with E-state index in [0.29, 0.717) is 15.8 Å². The normalized spacial score (nSPS) is 13.4. The summed E-state index contributed by atoms with van der Waals surface area (Å²) in [7, 11) is 0. The Morgan fingerprint density at radius 3 is 2.76 bits per heavy atom. The first-order valence-corrected chi connectivity index (χ1v) is 9.59. The molecule has 29 heavy (non-hydrogen) atoms. The van der Waals surface area contributed by atoms with Crippen molar-refractivity contribution in [2.24, 2.45) is 0 Å². The molecule has 0 aliphatic carbocycles. The molecule has 0 bridgehead atoms. The highest BCUT2D eigenvalue weighted by Crippen LogP contribution is 2.25. The van der Waals surface area contributed by atoms with Crippen LogP contribution in [0.1, 0.15) is 29.9 Å². The summed E-state index contributed by atoms with van der Waals surface area (Å²) in [5.41, 5.74) is 0.376. The lowest BCUT2D eigenvalue weighted by Crippen LogP contribution is -2.32. The number of amides is 2. The monoisotopic (exact) mass is 462 g/mol. The predicted octanol–water partition coefficient (Wildman–Crippen LogP) is 1.80. The van der Waals surface area contributed by atoms with E-state index >= 15 is 0 Å². The van der Waals surface area contributed by atoms with Crippen molar-refractivity contribution >= 4 is 39.2 Å². The highest BCUT2D eigenvalue weighted by molar-refractivity contribution is 9.10. The molecule has 3 aromatic heterocycles. The van der Waals surface area contributed by atoms with Gasteiger partial charge in [0.1, 0.15) is 34.1 Å². The quantitative estimate of drug-likeness (QED) is 0.636. The van der Waals surface area contributed by atoms with Gasteiger partial charge >= 0.3 is 0 Å². The summed E-state index contributed by atoms with van der Waals surface area (Å²) in [6.07, 6.45) is 0.989. The second-order valence-corrected chi connectivity index (χ2v) is 7.70. The minimum atomic E-state index is -0.522. The number of hydrogen-bond acceptors (Lipinski definition) is 5. The molecule has 11 heteroatoms. The lowest BCUT2D eigenvalue weighted by atomic mass is 10.2. The number of rotatable bonds is 4. The lowest BCUT2D eigenvalue weighted by molar-refractivity contribution is -0.116. The van der Waals surface area contributed by atoms with Gasteiger partial charge in [0.2, 0.25) is 5.91 Å². The molecule has 0 radical (unpaired) electrons. The van der Waals surface area contributed by atoms with E-state index in [9.17, 15) is 18.8 Å². The van der Waals surface area contributed by atoms with Crippen molar-refractivity contribution in [1.82, 2.24) is 24.1 Å². The van der Waals surface area contributed by atoms with Crippen LogP contribution >= 0.6 is 15.9 Å². The van der Waals surface area contributed by atoms with E-state index in [1.807, 2.05) is 13.8 Å². The van der Waals surface area contributed by atoms with E-state index in [1.165, 1.54) is 21.2 Å². The summed E-state index contributed by atoms with van der Waals surface area (Å²) in [6, 6.07) is 3.96. The maximum absolute atomic E-state index is 13.0. The molecule has 0 saturated heterocycles. The largest absolute Gasteiger partial charge is 0.330 e. The standard InChI is InChI=1S/C18H16BrFN6O3/c1-9(2)24-7-11-16(18(24)29)25(15-5-12(19)23-26(15)17(11)28)8-14(27)22-13-4-3-10(20)6-21-13/h3-6,9H,7-8H2,1-2H3,(H,21,22,27). The van der Waals surface area contributed by atoms with Crippen LogP contribution in [0.15, 0.2) is 33.8 Å². The fourth-order valence-electron chi connectivity index (χ4n) is 3.31. The molecule has 1 N–H and O–H groups in total. The Labute approximate surface area is 172 Å². The van der Waals surface area contributed by atoms with Crippen molar-refractivity contribution in [3.05, 3.63) is 56.4 Å². The maximum atomic E-state index is 13.0. The van der Waals surface area contributed by atoms with Gasteiger partial charge < -0.3 is 14.8 Å². The summed E-state index contributed by atoms with van der Waals surface area (Å²) in [5, 5.41) is 6.69. The Kier molecular flexibility index (Phi) is 4.69. The molecular weight excluding hydrogens is 447 g/mol. The molecule has 0 spiro atoms. The SMILES string of the molecule is CC(C)N1Cc2c(n(CC(=O)Nc3ccc(F)cn3)c3cc(Br)nn3c2=O)C1=O. The summed E-state index contributed by atoms with van der Waals surface area (Å²) in [6.45, 7) is 3.61. The van der Waals surface area contributed by atoms with Crippen molar-refractivity contribution in [1.29, 1.82) is 0 Å². The zero-order chi connectivity index (χ0) is 20.9. The van der Waals surface area contributed by atoms with Crippen LogP contribution in [0.25, 0.3) is 5.65 Å². The van der Waals surface area contributed by atoms with Crippen molar-refractivity contribution in [2.75, 3.05) is 5.32 Å². The van der Waals surface area contributed by atoms with E-state index in [0.717, 1.165) is 6.20 Å². The molecule has 4 heterocycles. The smallest absolute Gasteiger partial charge is 0.280 e. The molecule has 1 aliphatic rings. The summed E-state index contributed by atoms with van der Waals surface area (Å²) < 4.78 is 16.1. The third-order valence-corrected chi connectivity index (χ3v) is 5.04. The number of fused-ring (bicyclic) bond motifs is 2. The van der Waals surface area contributed by atoms with Gasteiger partial charge in [-0.3, -0.25) is 14.4 Å². The maximum Gasteiger partial charge on any atom is 0.280 e. The zero-order valence-electron chi connectivity index (χ0n) is 15.5. The minimum absolute atomic E-state index is 0.112. The van der Waals surface area contributed by atoms with Gasteiger partial charge in [-0.2, -0.15) is 9.61 Å². The van der Waals surface area contributed by atoms with Gasteiger partial charge in [-0.25, -0.2) is 9.37 Å². The topological polar surface area (TPSA) is 102 Å². The van der Waals surface area contributed by atoms with Gasteiger partial charge in [0, 0.05) is 12.1 Å². The van der Waals surface area contributed by atoms with Gasteiger partial charge in [0.05, 0.1) is 18.3 Å². The number of nitrogens with one attached hydrogen (secondary N) is 1. The van der Waals surface area contributed by atoms with Crippen molar-refractivity contribution in [3.8, 4) is 0 Å². The Morgan fingerprint density at radius 2 is 2.10 bits per heavy atom. The van der Waals surface area contributed by atoms with E-state index in [2.05, 4.69) is 31.3 Å². The van der Waals surface area contributed by atoms with Crippen LogP contribution in [0.5, 0.6) is 0 Å². The highest BCUT2D eigenvalue weighted by Gasteiger charge is 2.36. The zero-order valence-corrected chi connectivity index (χ0v) is 17.1. The molecule has 0 unspecified atom stereocenters. The van der Waals surface area contributed by atoms with Gasteiger partial charge in [-0.05, 0) is 41.9 Å². The molecule has 3 aromatic rings. The summed E-state index contributed by atoms with van der Waals surface area (Å²) in [5.74, 6) is -1.15. The Morgan fingerprint density at radius 1 is 1.34 bits per heavy atom. The van der Waals surface area contributed by atoms with E-state index in [-0.39, 0.29) is 36.6 Å². The third kappa shape index (κ3) is 3.31. The van der Waals surface area contributed by atoms with E-state index in [4.69, 9.17) is 0 Å². The summed E-state index contributed by atoms with van der Waals surface area (Å²) >= 11 is 3.23. The molecule has 2 amide bonds. The first-order valence-electron chi connectivity index (χ1n) is 8.79. The molecule has 150 valence electrons. The van der Waals surface area contributed by atoms with Gasteiger partial charge in [0.25, 0.3) is 11.5 Å². The van der Waals surface area contributed by atoms with Crippen LogP contribution in [0.3, 0.4) is 0 Å². The number of halogens is 2. The number of carbonyl (C=O) groups is 2. The average molecular weight is 463 g/mol. The van der Waals surface area contributed by atoms with Crippen LogP contribution in [-0.4, -0.2) is 41.9 Å². The highest BCUT2D eigenvalue weighted by atomic mass is 79.9. The second kappa shape index (κ2) is 7.07. The van der Waals surface area contributed by atoms with Crippen molar-refractivity contribution in [3.63, 3.8) is 0 Å². The molecule has 0 aromatic carbocycles.